The van der Waals surface area contributed by atoms with Crippen LogP contribution in [0.2, 0.25) is 5.02 Å². The van der Waals surface area contributed by atoms with Gasteiger partial charge in [0.15, 0.2) is 0 Å². The van der Waals surface area contributed by atoms with Crippen molar-refractivity contribution in [2.75, 3.05) is 31.5 Å². The predicted molar refractivity (Wildman–Crippen MR) is 125 cm³/mol. The van der Waals surface area contributed by atoms with E-state index in [1.165, 1.54) is 12.8 Å². The lowest BCUT2D eigenvalue weighted by atomic mass is 9.95. The highest BCUT2D eigenvalue weighted by atomic mass is 35.5. The zero-order valence-electron chi connectivity index (χ0n) is 18.2. The van der Waals surface area contributed by atoms with Crippen LogP contribution in [0.15, 0.2) is 48.7 Å². The molecule has 2 fully saturated rings. The Morgan fingerprint density at radius 1 is 1.06 bits per heavy atom. The molecule has 0 spiro atoms. The Labute approximate surface area is 194 Å². The fourth-order valence-electron chi connectivity index (χ4n) is 4.71. The van der Waals surface area contributed by atoms with E-state index in [-0.39, 0.29) is 18.0 Å². The van der Waals surface area contributed by atoms with E-state index in [4.69, 9.17) is 11.6 Å². The first kappa shape index (κ1) is 22.6. The minimum atomic E-state index is -0.153. The third-order valence-electron chi connectivity index (χ3n) is 6.36. The van der Waals surface area contributed by atoms with Gasteiger partial charge in [-0.3, -0.25) is 14.7 Å². The van der Waals surface area contributed by atoms with Gasteiger partial charge in [-0.1, -0.05) is 36.6 Å². The van der Waals surface area contributed by atoms with Crippen molar-refractivity contribution in [3.63, 3.8) is 0 Å². The standard InChI is InChI=1S/C24H30ClN5O2/c25-19-8-5-10-20(16-19)28-24(32)30-14-12-29(13-15-30)22(18-6-1-2-7-18)23(31)27-17-21-9-3-4-11-26-21/h3-5,8-11,16,18,22H,1-2,6-7,12-15,17H2,(H,27,31)(H,28,32). The number of piperazine rings is 1. The molecule has 1 saturated carbocycles. The lowest BCUT2D eigenvalue weighted by Gasteiger charge is -2.40. The number of hydrogen-bond donors (Lipinski definition) is 2. The molecule has 1 atom stereocenters. The van der Waals surface area contributed by atoms with E-state index in [0.29, 0.717) is 49.4 Å². The van der Waals surface area contributed by atoms with Crippen LogP contribution in [0.1, 0.15) is 31.4 Å². The summed E-state index contributed by atoms with van der Waals surface area (Å²) in [4.78, 5) is 34.2. The summed E-state index contributed by atoms with van der Waals surface area (Å²) in [6.07, 6.45) is 6.26. The zero-order chi connectivity index (χ0) is 22.3. The first-order valence-electron chi connectivity index (χ1n) is 11.3. The molecule has 2 heterocycles. The van der Waals surface area contributed by atoms with Crippen molar-refractivity contribution in [1.82, 2.24) is 20.1 Å². The molecule has 1 unspecified atom stereocenters. The van der Waals surface area contributed by atoms with Crippen molar-refractivity contribution < 1.29 is 9.59 Å². The van der Waals surface area contributed by atoms with Crippen LogP contribution < -0.4 is 10.6 Å². The van der Waals surface area contributed by atoms with Crippen LogP contribution >= 0.6 is 11.6 Å². The molecular weight excluding hydrogens is 426 g/mol. The molecule has 170 valence electrons. The van der Waals surface area contributed by atoms with E-state index in [9.17, 15) is 9.59 Å². The van der Waals surface area contributed by atoms with E-state index in [2.05, 4.69) is 20.5 Å². The number of pyridine rings is 1. The van der Waals surface area contributed by atoms with Crippen LogP contribution in [0, 0.1) is 5.92 Å². The summed E-state index contributed by atoms with van der Waals surface area (Å²) in [5.74, 6) is 0.435. The number of amides is 3. The van der Waals surface area contributed by atoms with Gasteiger partial charge in [0.1, 0.15) is 0 Å². The minimum absolute atomic E-state index is 0.0689. The number of carbonyl (C=O) groups excluding carboxylic acids is 2. The molecule has 8 heteroatoms. The lowest BCUT2D eigenvalue weighted by molar-refractivity contribution is -0.129. The van der Waals surface area contributed by atoms with Crippen molar-refractivity contribution >= 4 is 29.2 Å². The lowest BCUT2D eigenvalue weighted by Crippen LogP contribution is -2.58. The molecule has 4 rings (SSSR count). The molecule has 0 bridgehead atoms. The van der Waals surface area contributed by atoms with Gasteiger partial charge >= 0.3 is 6.03 Å². The molecule has 2 aliphatic rings. The fourth-order valence-corrected chi connectivity index (χ4v) is 4.90. The zero-order valence-corrected chi connectivity index (χ0v) is 18.9. The van der Waals surface area contributed by atoms with Crippen molar-refractivity contribution in [3.05, 3.63) is 59.4 Å². The number of carbonyl (C=O) groups is 2. The summed E-state index contributed by atoms with van der Waals surface area (Å²) in [5, 5.41) is 6.59. The maximum absolute atomic E-state index is 13.2. The number of nitrogens with one attached hydrogen (secondary N) is 2. The highest BCUT2D eigenvalue weighted by molar-refractivity contribution is 6.30. The van der Waals surface area contributed by atoms with Gasteiger partial charge in [0.2, 0.25) is 5.91 Å². The number of rotatable bonds is 6. The summed E-state index contributed by atoms with van der Waals surface area (Å²) < 4.78 is 0. The molecule has 1 aliphatic carbocycles. The minimum Gasteiger partial charge on any atom is -0.349 e. The van der Waals surface area contributed by atoms with Gasteiger partial charge in [0, 0.05) is 43.1 Å². The average Bonchev–Trinajstić information content (AvgIpc) is 3.33. The Bertz CT molecular complexity index is 912. The molecule has 1 saturated heterocycles. The van der Waals surface area contributed by atoms with Crippen molar-refractivity contribution in [1.29, 1.82) is 0 Å². The molecule has 0 radical (unpaired) electrons. The maximum Gasteiger partial charge on any atom is 0.321 e. The van der Waals surface area contributed by atoms with Crippen LogP contribution in [0.3, 0.4) is 0 Å². The van der Waals surface area contributed by atoms with Gasteiger partial charge in [0.25, 0.3) is 0 Å². The van der Waals surface area contributed by atoms with Crippen LogP contribution in [0.5, 0.6) is 0 Å². The Morgan fingerprint density at radius 3 is 2.53 bits per heavy atom. The Hall–Kier alpha value is -2.64. The molecule has 2 aromatic rings. The number of nitrogens with zero attached hydrogens (tertiary/aromatic N) is 3. The van der Waals surface area contributed by atoms with Gasteiger partial charge < -0.3 is 15.5 Å². The van der Waals surface area contributed by atoms with E-state index in [0.717, 1.165) is 18.5 Å². The smallest absolute Gasteiger partial charge is 0.321 e. The third kappa shape index (κ3) is 5.78. The Morgan fingerprint density at radius 2 is 1.84 bits per heavy atom. The SMILES string of the molecule is O=C(NCc1ccccn1)C(C1CCCC1)N1CCN(C(=O)Nc2cccc(Cl)c2)CC1. The maximum atomic E-state index is 13.2. The summed E-state index contributed by atoms with van der Waals surface area (Å²) in [6.45, 7) is 2.97. The molecule has 1 aromatic heterocycles. The van der Waals surface area contributed by atoms with E-state index in [1.54, 1.807) is 23.2 Å². The second-order valence-electron chi connectivity index (χ2n) is 8.49. The summed E-state index contributed by atoms with van der Waals surface area (Å²) >= 11 is 6.01. The number of anilines is 1. The van der Waals surface area contributed by atoms with Gasteiger partial charge in [-0.15, -0.1) is 0 Å². The second kappa shape index (κ2) is 10.8. The normalized spacial score (nSPS) is 18.3. The molecule has 3 amide bonds. The largest absolute Gasteiger partial charge is 0.349 e. The summed E-state index contributed by atoms with van der Waals surface area (Å²) in [5.41, 5.74) is 1.54. The first-order valence-corrected chi connectivity index (χ1v) is 11.7. The Balaban J connectivity index is 1.34. The van der Waals surface area contributed by atoms with E-state index < -0.39 is 0 Å². The van der Waals surface area contributed by atoms with Crippen LogP contribution in [-0.2, 0) is 11.3 Å². The quantitative estimate of drug-likeness (QED) is 0.695. The molecule has 2 N–H and O–H groups in total. The van der Waals surface area contributed by atoms with Gasteiger partial charge in [-0.25, -0.2) is 4.79 Å². The fraction of sp³-hybridized carbons (Fsp3) is 0.458. The number of benzene rings is 1. The summed E-state index contributed by atoms with van der Waals surface area (Å²) in [6, 6.07) is 12.6. The van der Waals surface area contributed by atoms with Crippen molar-refractivity contribution in [2.24, 2.45) is 5.92 Å². The van der Waals surface area contributed by atoms with Gasteiger partial charge in [-0.2, -0.15) is 0 Å². The predicted octanol–water partition coefficient (Wildman–Crippen LogP) is 3.76. The molecule has 1 aliphatic heterocycles. The topological polar surface area (TPSA) is 77.6 Å². The van der Waals surface area contributed by atoms with Crippen LogP contribution in [-0.4, -0.2) is 58.9 Å². The number of urea groups is 1. The van der Waals surface area contributed by atoms with Gasteiger partial charge in [-0.05, 0) is 49.1 Å². The van der Waals surface area contributed by atoms with Crippen molar-refractivity contribution in [2.45, 2.75) is 38.3 Å². The monoisotopic (exact) mass is 455 g/mol. The molecule has 1 aromatic carbocycles. The van der Waals surface area contributed by atoms with Crippen LogP contribution in [0.4, 0.5) is 10.5 Å². The second-order valence-corrected chi connectivity index (χ2v) is 8.93. The average molecular weight is 456 g/mol. The highest BCUT2D eigenvalue weighted by Gasteiger charge is 2.37. The summed E-state index contributed by atoms with van der Waals surface area (Å²) in [7, 11) is 0. The van der Waals surface area contributed by atoms with Crippen LogP contribution in [0.25, 0.3) is 0 Å². The first-order chi connectivity index (χ1) is 15.6. The molecule has 7 nitrogen and oxygen atoms in total. The number of halogens is 1. The Kier molecular flexibility index (Phi) is 7.60. The highest BCUT2D eigenvalue weighted by Crippen LogP contribution is 2.31. The molecule has 32 heavy (non-hydrogen) atoms. The third-order valence-corrected chi connectivity index (χ3v) is 6.59. The number of aromatic nitrogens is 1. The molecular formula is C24H30ClN5O2. The van der Waals surface area contributed by atoms with E-state index >= 15 is 0 Å². The van der Waals surface area contributed by atoms with Crippen molar-refractivity contribution in [3.8, 4) is 0 Å². The van der Waals surface area contributed by atoms with Gasteiger partial charge in [0.05, 0.1) is 18.3 Å². The van der Waals surface area contributed by atoms with E-state index in [1.807, 2.05) is 30.3 Å². The number of hydrogen-bond acceptors (Lipinski definition) is 4.